The summed E-state index contributed by atoms with van der Waals surface area (Å²) in [6, 6.07) is 5.38. The lowest BCUT2D eigenvalue weighted by atomic mass is 10.2. The molecule has 0 radical (unpaired) electrons. The summed E-state index contributed by atoms with van der Waals surface area (Å²) < 4.78 is 0. The molecule has 2 aromatic rings. The van der Waals surface area contributed by atoms with Crippen molar-refractivity contribution in [2.45, 2.75) is 0 Å². The van der Waals surface area contributed by atoms with Gasteiger partial charge in [0.25, 0.3) is 0 Å². The molecule has 0 unspecified atom stereocenters. The number of aromatic nitrogens is 3. The van der Waals surface area contributed by atoms with Crippen molar-refractivity contribution in [3.05, 3.63) is 28.2 Å². The average molecular weight is 298 g/mol. The number of nitrogens with zero attached hydrogens (tertiary/aromatic N) is 3. The van der Waals surface area contributed by atoms with Crippen molar-refractivity contribution in [1.29, 1.82) is 0 Å². The largest absolute Gasteiger partial charge is 0.337 e. The molecule has 2 heterocycles. The summed E-state index contributed by atoms with van der Waals surface area (Å²) >= 11 is 12.3. The third-order valence-electron chi connectivity index (χ3n) is 3.07. The number of anilines is 1. The standard InChI is InChI=1S/C12H13Cl2N5/c13-8-2-1-3-9(14)10(8)11-16-12(18-17-11)19-6-4-15-5-7-19/h1-3,15H,4-7H2,(H,16,17,18). The van der Waals surface area contributed by atoms with E-state index in [4.69, 9.17) is 23.2 Å². The van der Waals surface area contributed by atoms with Gasteiger partial charge in [-0.05, 0) is 12.1 Å². The lowest BCUT2D eigenvalue weighted by Gasteiger charge is -2.25. The molecule has 1 aromatic heterocycles. The van der Waals surface area contributed by atoms with Crippen molar-refractivity contribution in [1.82, 2.24) is 20.5 Å². The molecule has 7 heteroatoms. The first kappa shape index (κ1) is 12.7. The molecular formula is C12H13Cl2N5. The molecular weight excluding hydrogens is 285 g/mol. The molecule has 0 bridgehead atoms. The predicted octanol–water partition coefficient (Wildman–Crippen LogP) is 2.19. The van der Waals surface area contributed by atoms with Gasteiger partial charge in [-0.2, -0.15) is 4.98 Å². The van der Waals surface area contributed by atoms with E-state index in [0.29, 0.717) is 27.4 Å². The number of H-pyrrole nitrogens is 1. The Morgan fingerprint density at radius 1 is 1.11 bits per heavy atom. The van der Waals surface area contributed by atoms with Crippen LogP contribution in [0, 0.1) is 0 Å². The second-order valence-corrected chi connectivity index (χ2v) is 5.13. The SMILES string of the molecule is Clc1cccc(Cl)c1-c1nc(N2CCNCC2)n[nH]1. The van der Waals surface area contributed by atoms with Crippen molar-refractivity contribution in [3.8, 4) is 11.4 Å². The first-order valence-corrected chi connectivity index (χ1v) is 6.84. The van der Waals surface area contributed by atoms with Crippen LogP contribution in [0.25, 0.3) is 11.4 Å². The van der Waals surface area contributed by atoms with E-state index in [1.807, 2.05) is 6.07 Å². The fourth-order valence-corrected chi connectivity index (χ4v) is 2.67. The summed E-state index contributed by atoms with van der Waals surface area (Å²) in [4.78, 5) is 6.61. The van der Waals surface area contributed by atoms with Crippen molar-refractivity contribution < 1.29 is 0 Å². The van der Waals surface area contributed by atoms with Crippen LogP contribution in [-0.2, 0) is 0 Å². The van der Waals surface area contributed by atoms with Gasteiger partial charge in [0.2, 0.25) is 5.95 Å². The highest BCUT2D eigenvalue weighted by molar-refractivity contribution is 6.38. The number of nitrogens with one attached hydrogen (secondary N) is 2. The smallest absolute Gasteiger partial charge is 0.245 e. The van der Waals surface area contributed by atoms with E-state index in [1.54, 1.807) is 12.1 Å². The van der Waals surface area contributed by atoms with Gasteiger partial charge in [-0.3, -0.25) is 5.10 Å². The highest BCUT2D eigenvalue weighted by Crippen LogP contribution is 2.32. The normalized spacial score (nSPS) is 15.8. The maximum Gasteiger partial charge on any atom is 0.245 e. The number of benzene rings is 1. The number of halogens is 2. The van der Waals surface area contributed by atoms with E-state index in [2.05, 4.69) is 25.4 Å². The summed E-state index contributed by atoms with van der Waals surface area (Å²) in [6.07, 6.45) is 0. The third kappa shape index (κ3) is 2.54. The van der Waals surface area contributed by atoms with Crippen molar-refractivity contribution in [2.24, 2.45) is 0 Å². The number of piperazine rings is 1. The van der Waals surface area contributed by atoms with Gasteiger partial charge in [-0.25, -0.2) is 0 Å². The van der Waals surface area contributed by atoms with Crippen LogP contribution in [0.1, 0.15) is 0 Å². The first-order chi connectivity index (χ1) is 9.25. The lowest BCUT2D eigenvalue weighted by molar-refractivity contribution is 0.580. The molecule has 0 spiro atoms. The van der Waals surface area contributed by atoms with Crippen LogP contribution in [0.2, 0.25) is 10.0 Å². The van der Waals surface area contributed by atoms with Gasteiger partial charge in [-0.15, -0.1) is 5.10 Å². The molecule has 100 valence electrons. The predicted molar refractivity (Wildman–Crippen MR) is 76.9 cm³/mol. The number of rotatable bonds is 2. The van der Waals surface area contributed by atoms with Crippen molar-refractivity contribution >= 4 is 29.2 Å². The molecule has 0 atom stereocenters. The lowest BCUT2D eigenvalue weighted by Crippen LogP contribution is -2.44. The monoisotopic (exact) mass is 297 g/mol. The van der Waals surface area contributed by atoms with Crippen LogP contribution < -0.4 is 10.2 Å². The fourth-order valence-electron chi connectivity index (χ4n) is 2.10. The summed E-state index contributed by atoms with van der Waals surface area (Å²) in [6.45, 7) is 3.68. The van der Waals surface area contributed by atoms with Crippen molar-refractivity contribution in [2.75, 3.05) is 31.1 Å². The van der Waals surface area contributed by atoms with E-state index in [9.17, 15) is 0 Å². The molecule has 3 rings (SSSR count). The van der Waals surface area contributed by atoms with Gasteiger partial charge in [0, 0.05) is 26.2 Å². The van der Waals surface area contributed by atoms with Gasteiger partial charge in [0.1, 0.15) is 0 Å². The van der Waals surface area contributed by atoms with Gasteiger partial charge in [0.05, 0.1) is 15.6 Å². The maximum atomic E-state index is 6.16. The maximum absolute atomic E-state index is 6.16. The Balaban J connectivity index is 1.92. The molecule has 1 aliphatic heterocycles. The van der Waals surface area contributed by atoms with Crippen LogP contribution >= 0.6 is 23.2 Å². The number of hydrogen-bond acceptors (Lipinski definition) is 4. The van der Waals surface area contributed by atoms with E-state index in [1.165, 1.54) is 0 Å². The molecule has 1 saturated heterocycles. The molecule has 19 heavy (non-hydrogen) atoms. The highest BCUT2D eigenvalue weighted by atomic mass is 35.5. The molecule has 1 fully saturated rings. The van der Waals surface area contributed by atoms with Crippen LogP contribution in [0.4, 0.5) is 5.95 Å². The van der Waals surface area contributed by atoms with E-state index < -0.39 is 0 Å². The Labute approximate surface area is 120 Å². The highest BCUT2D eigenvalue weighted by Gasteiger charge is 2.17. The fraction of sp³-hybridized carbons (Fsp3) is 0.333. The summed E-state index contributed by atoms with van der Waals surface area (Å²) in [7, 11) is 0. The van der Waals surface area contributed by atoms with Crippen LogP contribution in [0.5, 0.6) is 0 Å². The summed E-state index contributed by atoms with van der Waals surface area (Å²) in [5.41, 5.74) is 0.694. The van der Waals surface area contributed by atoms with E-state index in [-0.39, 0.29) is 0 Å². The molecule has 1 aromatic carbocycles. The average Bonchev–Trinajstić information content (AvgIpc) is 2.89. The summed E-state index contributed by atoms with van der Waals surface area (Å²) in [5.74, 6) is 1.29. The van der Waals surface area contributed by atoms with Crippen LogP contribution in [0.3, 0.4) is 0 Å². The molecule has 0 saturated carbocycles. The second kappa shape index (κ2) is 5.36. The molecule has 1 aliphatic rings. The summed E-state index contributed by atoms with van der Waals surface area (Å²) in [5, 5.41) is 11.6. The molecule has 0 amide bonds. The number of aromatic amines is 1. The van der Waals surface area contributed by atoms with Gasteiger partial charge >= 0.3 is 0 Å². The Morgan fingerprint density at radius 3 is 2.47 bits per heavy atom. The van der Waals surface area contributed by atoms with Crippen LogP contribution in [0.15, 0.2) is 18.2 Å². The quantitative estimate of drug-likeness (QED) is 0.892. The first-order valence-electron chi connectivity index (χ1n) is 6.08. The zero-order valence-electron chi connectivity index (χ0n) is 10.2. The molecule has 2 N–H and O–H groups in total. The molecule has 0 aliphatic carbocycles. The van der Waals surface area contributed by atoms with E-state index >= 15 is 0 Å². The van der Waals surface area contributed by atoms with Gasteiger partial charge in [0.15, 0.2) is 5.82 Å². The second-order valence-electron chi connectivity index (χ2n) is 4.32. The zero-order valence-corrected chi connectivity index (χ0v) is 11.7. The van der Waals surface area contributed by atoms with Gasteiger partial charge in [-0.1, -0.05) is 29.3 Å². The Kier molecular flexibility index (Phi) is 3.59. The Morgan fingerprint density at radius 2 is 1.79 bits per heavy atom. The molecule has 5 nitrogen and oxygen atoms in total. The Hall–Kier alpha value is -1.30. The minimum atomic E-state index is 0.565. The zero-order chi connectivity index (χ0) is 13.2. The minimum Gasteiger partial charge on any atom is -0.337 e. The van der Waals surface area contributed by atoms with Crippen molar-refractivity contribution in [3.63, 3.8) is 0 Å². The Bertz CT molecular complexity index is 557. The van der Waals surface area contributed by atoms with Crippen LogP contribution in [-0.4, -0.2) is 41.4 Å². The number of hydrogen-bond donors (Lipinski definition) is 2. The third-order valence-corrected chi connectivity index (χ3v) is 3.70. The van der Waals surface area contributed by atoms with E-state index in [0.717, 1.165) is 26.2 Å². The topological polar surface area (TPSA) is 56.8 Å². The van der Waals surface area contributed by atoms with Gasteiger partial charge < -0.3 is 10.2 Å². The minimum absolute atomic E-state index is 0.565.